The molecule has 0 atom stereocenters. The summed E-state index contributed by atoms with van der Waals surface area (Å²) in [5.41, 5.74) is -4.07. The number of halogens is 4. The zero-order chi connectivity index (χ0) is 14.8. The molecule has 0 N–H and O–H groups in total. The number of benzene rings is 1. The highest BCUT2D eigenvalue weighted by Gasteiger charge is 2.38. The average molecular weight is 337 g/mol. The number of nitro groups is 1. The van der Waals surface area contributed by atoms with E-state index >= 15 is 0 Å². The summed E-state index contributed by atoms with van der Waals surface area (Å²) in [6.07, 6.45) is -4.88. The quantitative estimate of drug-likeness (QED) is 0.367. The summed E-state index contributed by atoms with van der Waals surface area (Å²) in [5.74, 6) is -1.05. The third-order valence-electron chi connectivity index (χ3n) is 2.20. The van der Waals surface area contributed by atoms with Gasteiger partial charge in [-0.25, -0.2) is 0 Å². The van der Waals surface area contributed by atoms with Crippen molar-refractivity contribution in [2.75, 3.05) is 5.33 Å². The van der Waals surface area contributed by atoms with Crippen LogP contribution in [0.5, 0.6) is 0 Å². The van der Waals surface area contributed by atoms with Crippen LogP contribution in [0.4, 0.5) is 18.9 Å². The summed E-state index contributed by atoms with van der Waals surface area (Å²) in [6, 6.07) is 2.28. The minimum atomic E-state index is -4.88. The molecule has 100 valence electrons. The Hall–Kier alpha value is -1.95. The van der Waals surface area contributed by atoms with Crippen LogP contribution in [0.3, 0.4) is 0 Å². The lowest BCUT2D eigenvalue weighted by Crippen LogP contribution is -2.16. The monoisotopic (exact) mass is 336 g/mol. The molecule has 0 unspecified atom stereocenters. The van der Waals surface area contributed by atoms with Gasteiger partial charge in [0.25, 0.3) is 5.69 Å². The Kier molecular flexibility index (Phi) is 4.26. The van der Waals surface area contributed by atoms with E-state index in [1.54, 1.807) is 0 Å². The van der Waals surface area contributed by atoms with Crippen LogP contribution < -0.4 is 0 Å². The zero-order valence-corrected chi connectivity index (χ0v) is 10.6. The fourth-order valence-corrected chi connectivity index (χ4v) is 1.73. The molecule has 0 fully saturated rings. The second-order valence-corrected chi connectivity index (χ2v) is 3.87. The van der Waals surface area contributed by atoms with Gasteiger partial charge in [0.2, 0.25) is 0 Å². The number of nitro benzene ring substituents is 1. The van der Waals surface area contributed by atoms with Gasteiger partial charge in [-0.05, 0) is 6.07 Å². The third-order valence-corrected chi connectivity index (χ3v) is 2.71. The molecule has 9 heteroatoms. The number of carbonyl (C=O) groups excluding carboxylic acids is 1. The van der Waals surface area contributed by atoms with E-state index in [9.17, 15) is 28.1 Å². The van der Waals surface area contributed by atoms with Crippen molar-refractivity contribution in [2.45, 2.75) is 6.18 Å². The summed E-state index contributed by atoms with van der Waals surface area (Å²) >= 11 is 2.68. The van der Waals surface area contributed by atoms with E-state index in [-0.39, 0.29) is 0 Å². The van der Waals surface area contributed by atoms with Crippen LogP contribution in [0.15, 0.2) is 12.1 Å². The van der Waals surface area contributed by atoms with E-state index in [1.165, 1.54) is 6.07 Å². The molecule has 0 saturated carbocycles. The van der Waals surface area contributed by atoms with E-state index in [1.807, 2.05) is 0 Å². The Balaban J connectivity index is 3.77. The summed E-state index contributed by atoms with van der Waals surface area (Å²) in [5, 5.41) is 19.0. The zero-order valence-electron chi connectivity index (χ0n) is 8.99. The van der Waals surface area contributed by atoms with Crippen molar-refractivity contribution in [1.29, 1.82) is 5.26 Å². The Labute approximate surface area is 112 Å². The number of carbonyl (C=O) groups is 1. The lowest BCUT2D eigenvalue weighted by molar-refractivity contribution is -0.385. The van der Waals surface area contributed by atoms with Crippen LogP contribution in [0.25, 0.3) is 0 Å². The van der Waals surface area contributed by atoms with Gasteiger partial charge in [-0.2, -0.15) is 18.4 Å². The molecule has 1 rings (SSSR count). The smallest absolute Gasteiger partial charge is 0.293 e. The van der Waals surface area contributed by atoms with E-state index < -0.39 is 44.6 Å². The van der Waals surface area contributed by atoms with Gasteiger partial charge in [0.15, 0.2) is 5.78 Å². The normalized spacial score (nSPS) is 10.9. The molecule has 0 bridgehead atoms. The molecule has 0 spiro atoms. The predicted molar refractivity (Wildman–Crippen MR) is 60.9 cm³/mol. The number of hydrogen-bond donors (Lipinski definition) is 0. The maximum absolute atomic E-state index is 12.7. The van der Waals surface area contributed by atoms with Crippen LogP contribution in [0.1, 0.15) is 21.5 Å². The highest BCUT2D eigenvalue weighted by Crippen LogP contribution is 2.36. The van der Waals surface area contributed by atoms with Gasteiger partial charge in [0, 0.05) is 6.07 Å². The maximum Gasteiger partial charge on any atom is 0.417 e. The van der Waals surface area contributed by atoms with E-state index in [4.69, 9.17) is 5.26 Å². The molecule has 0 aliphatic rings. The first kappa shape index (κ1) is 15.1. The topological polar surface area (TPSA) is 84.0 Å². The van der Waals surface area contributed by atoms with E-state index in [0.29, 0.717) is 12.1 Å². The molecule has 0 heterocycles. The fourth-order valence-electron chi connectivity index (χ4n) is 1.45. The van der Waals surface area contributed by atoms with Gasteiger partial charge < -0.3 is 0 Å². The molecule has 0 saturated heterocycles. The van der Waals surface area contributed by atoms with E-state index in [2.05, 4.69) is 15.9 Å². The SMILES string of the molecule is N#Cc1c([N+](=O)[O-])ccc(C(F)(F)F)c1C(=O)CBr. The highest BCUT2D eigenvalue weighted by atomic mass is 79.9. The number of Topliss-reactive ketones (excluding diaryl/α,β-unsaturated/α-hetero) is 1. The first-order valence-corrected chi connectivity index (χ1v) is 5.74. The number of rotatable bonds is 3. The van der Waals surface area contributed by atoms with Gasteiger partial charge in [0.05, 0.1) is 21.4 Å². The predicted octanol–water partition coefficient (Wildman–Crippen LogP) is 3.06. The molecule has 1 aromatic rings. The van der Waals surface area contributed by atoms with E-state index in [0.717, 1.165) is 0 Å². The van der Waals surface area contributed by atoms with Crippen molar-refractivity contribution < 1.29 is 22.9 Å². The second kappa shape index (κ2) is 5.36. The second-order valence-electron chi connectivity index (χ2n) is 3.31. The molecule has 0 aliphatic carbocycles. The highest BCUT2D eigenvalue weighted by molar-refractivity contribution is 9.09. The van der Waals surface area contributed by atoms with Gasteiger partial charge in [-0.15, -0.1) is 0 Å². The molecule has 19 heavy (non-hydrogen) atoms. The fraction of sp³-hybridized carbons (Fsp3) is 0.200. The molecule has 0 radical (unpaired) electrons. The van der Waals surface area contributed by atoms with Gasteiger partial charge in [0.1, 0.15) is 11.6 Å². The molecule has 1 aromatic carbocycles. The minimum absolute atomic E-state index is 0.425. The molecule has 0 aromatic heterocycles. The van der Waals surface area contributed by atoms with Crippen molar-refractivity contribution in [3.8, 4) is 6.07 Å². The van der Waals surface area contributed by atoms with Crippen LogP contribution in [0.2, 0.25) is 0 Å². The molecular formula is C10H4BrF3N2O3. The first-order valence-electron chi connectivity index (χ1n) is 4.61. The number of hydrogen-bond acceptors (Lipinski definition) is 4. The Morgan fingerprint density at radius 1 is 1.47 bits per heavy atom. The van der Waals surface area contributed by atoms with Crippen LogP contribution in [-0.2, 0) is 6.18 Å². The third kappa shape index (κ3) is 2.90. The van der Waals surface area contributed by atoms with Crippen LogP contribution >= 0.6 is 15.9 Å². The first-order chi connectivity index (χ1) is 8.73. The largest absolute Gasteiger partial charge is 0.417 e. The number of alkyl halides is 4. The lowest BCUT2D eigenvalue weighted by Gasteiger charge is -2.12. The van der Waals surface area contributed by atoms with Gasteiger partial charge in [-0.3, -0.25) is 14.9 Å². The van der Waals surface area contributed by atoms with Crippen molar-refractivity contribution in [3.63, 3.8) is 0 Å². The van der Waals surface area contributed by atoms with Crippen LogP contribution in [0, 0.1) is 21.4 Å². The molecule has 0 amide bonds. The molecular weight excluding hydrogens is 333 g/mol. The molecule has 5 nitrogen and oxygen atoms in total. The minimum Gasteiger partial charge on any atom is -0.293 e. The summed E-state index contributed by atoms with van der Waals surface area (Å²) in [7, 11) is 0. The maximum atomic E-state index is 12.7. The average Bonchev–Trinajstić information content (AvgIpc) is 2.34. The van der Waals surface area contributed by atoms with Gasteiger partial charge >= 0.3 is 6.18 Å². The van der Waals surface area contributed by atoms with Crippen LogP contribution in [-0.4, -0.2) is 16.0 Å². The Morgan fingerprint density at radius 3 is 2.42 bits per heavy atom. The molecule has 0 aliphatic heterocycles. The standard InChI is InChI=1S/C10H4BrF3N2O3/c11-3-8(17)9-5(4-15)7(16(18)19)2-1-6(9)10(12,13)14/h1-2H,3H2. The summed E-state index contributed by atoms with van der Waals surface area (Å²) < 4.78 is 38.2. The number of nitriles is 1. The lowest BCUT2D eigenvalue weighted by atomic mass is 9.96. The number of nitrogens with zero attached hydrogens (tertiary/aromatic N) is 2. The van der Waals surface area contributed by atoms with Crippen molar-refractivity contribution in [2.24, 2.45) is 0 Å². The number of ketones is 1. The van der Waals surface area contributed by atoms with Crippen molar-refractivity contribution >= 4 is 27.4 Å². The Bertz CT molecular complexity index is 593. The van der Waals surface area contributed by atoms with Crippen molar-refractivity contribution in [3.05, 3.63) is 38.9 Å². The Morgan fingerprint density at radius 2 is 2.05 bits per heavy atom. The van der Waals surface area contributed by atoms with Crippen molar-refractivity contribution in [1.82, 2.24) is 0 Å². The summed E-state index contributed by atoms with van der Waals surface area (Å²) in [4.78, 5) is 21.2. The summed E-state index contributed by atoms with van der Waals surface area (Å²) in [6.45, 7) is 0. The van der Waals surface area contributed by atoms with Gasteiger partial charge in [-0.1, -0.05) is 15.9 Å².